The Balaban J connectivity index is 0.00000289. The maximum atomic E-state index is 13.5. The molecule has 0 aliphatic carbocycles. The van der Waals surface area contributed by atoms with E-state index >= 15 is 0 Å². The summed E-state index contributed by atoms with van der Waals surface area (Å²) in [7, 11) is 0. The van der Waals surface area contributed by atoms with Crippen molar-refractivity contribution in [2.45, 2.75) is 18.9 Å². The summed E-state index contributed by atoms with van der Waals surface area (Å²) in [5, 5.41) is 0. The Hall–Kier alpha value is -1.34. The molecule has 0 fully saturated rings. The van der Waals surface area contributed by atoms with Gasteiger partial charge in [0.2, 0.25) is 5.95 Å². The molecular formula is C10H12ClF3N2O2. The van der Waals surface area contributed by atoms with Crippen molar-refractivity contribution in [2.24, 2.45) is 5.73 Å². The third-order valence-electron chi connectivity index (χ3n) is 2.06. The third kappa shape index (κ3) is 3.33. The number of halogens is 4. The fourth-order valence-electron chi connectivity index (χ4n) is 1.18. The molecule has 0 aliphatic rings. The van der Waals surface area contributed by atoms with Crippen molar-refractivity contribution in [3.8, 4) is 0 Å². The van der Waals surface area contributed by atoms with E-state index in [2.05, 4.69) is 9.72 Å². The van der Waals surface area contributed by atoms with Crippen molar-refractivity contribution in [1.82, 2.24) is 4.98 Å². The second-order valence-electron chi connectivity index (χ2n) is 3.20. The van der Waals surface area contributed by atoms with Crippen molar-refractivity contribution in [3.05, 3.63) is 29.8 Å². The smallest absolute Gasteiger partial charge is 0.379 e. The van der Waals surface area contributed by atoms with Crippen LogP contribution in [0.5, 0.6) is 0 Å². The molecule has 0 amide bonds. The first-order valence-electron chi connectivity index (χ1n) is 4.82. The molecule has 0 aromatic carbocycles. The average molecular weight is 285 g/mol. The zero-order chi connectivity index (χ0) is 13.1. The lowest BCUT2D eigenvalue weighted by atomic mass is 10.0. The minimum absolute atomic E-state index is 0. The van der Waals surface area contributed by atoms with Crippen LogP contribution < -0.4 is 5.73 Å². The van der Waals surface area contributed by atoms with E-state index in [1.54, 1.807) is 0 Å². The van der Waals surface area contributed by atoms with Gasteiger partial charge in [0.25, 0.3) is 0 Å². The first-order chi connectivity index (χ1) is 7.91. The minimum Gasteiger partial charge on any atom is -0.462 e. The number of pyridine rings is 1. The summed E-state index contributed by atoms with van der Waals surface area (Å²) in [5.41, 5.74) is 4.64. The number of nitrogens with zero attached hydrogens (tertiary/aromatic N) is 1. The van der Waals surface area contributed by atoms with Gasteiger partial charge in [0.1, 0.15) is 6.04 Å². The molecule has 2 N–H and O–H groups in total. The van der Waals surface area contributed by atoms with E-state index in [1.807, 2.05) is 0 Å². The van der Waals surface area contributed by atoms with Gasteiger partial charge in [-0.1, -0.05) is 6.07 Å². The Bertz CT molecular complexity index is 418. The summed E-state index contributed by atoms with van der Waals surface area (Å²) in [4.78, 5) is 14.2. The molecular weight excluding hydrogens is 273 g/mol. The quantitative estimate of drug-likeness (QED) is 0.677. The van der Waals surface area contributed by atoms with Gasteiger partial charge in [-0.15, -0.1) is 12.4 Å². The highest BCUT2D eigenvalue weighted by atomic mass is 35.5. The van der Waals surface area contributed by atoms with E-state index < -0.39 is 29.4 Å². The van der Waals surface area contributed by atoms with E-state index in [0.29, 0.717) is 0 Å². The molecule has 0 spiro atoms. The maximum absolute atomic E-state index is 13.5. The number of aromatic nitrogens is 1. The fraction of sp³-hybridized carbons (Fsp3) is 0.400. The number of hydrogen-bond acceptors (Lipinski definition) is 4. The summed E-state index contributed by atoms with van der Waals surface area (Å²) in [6.07, 6.45) is 1.09. The molecule has 0 bridgehead atoms. The van der Waals surface area contributed by atoms with Crippen molar-refractivity contribution >= 4 is 18.4 Å². The number of rotatable bonds is 4. The molecule has 0 radical (unpaired) electrons. The molecule has 0 aliphatic heterocycles. The fourth-order valence-corrected chi connectivity index (χ4v) is 1.18. The van der Waals surface area contributed by atoms with Gasteiger partial charge in [-0.2, -0.15) is 13.2 Å². The van der Waals surface area contributed by atoms with Crippen LogP contribution in [0, 0.1) is 5.95 Å². The number of carbonyl (C=O) groups excluding carboxylic acids is 1. The average Bonchev–Trinajstić information content (AvgIpc) is 2.29. The summed E-state index contributed by atoms with van der Waals surface area (Å²) in [5.74, 6) is -6.92. The number of ether oxygens (including phenoxy) is 1. The van der Waals surface area contributed by atoms with Crippen LogP contribution in [0.25, 0.3) is 0 Å². The highest BCUT2D eigenvalue weighted by Crippen LogP contribution is 2.31. The molecule has 1 atom stereocenters. The van der Waals surface area contributed by atoms with Crippen LogP contribution in [0.1, 0.15) is 18.5 Å². The van der Waals surface area contributed by atoms with Crippen LogP contribution in [-0.2, 0) is 9.53 Å². The second-order valence-corrected chi connectivity index (χ2v) is 3.20. The number of hydrogen-bond donors (Lipinski definition) is 1. The normalized spacial score (nSPS) is 12.5. The number of alkyl halides is 2. The zero-order valence-corrected chi connectivity index (χ0v) is 10.2. The first-order valence-corrected chi connectivity index (χ1v) is 4.82. The molecule has 18 heavy (non-hydrogen) atoms. The van der Waals surface area contributed by atoms with E-state index in [1.165, 1.54) is 13.0 Å². The van der Waals surface area contributed by atoms with Crippen molar-refractivity contribution < 1.29 is 22.7 Å². The van der Waals surface area contributed by atoms with E-state index in [9.17, 15) is 18.0 Å². The van der Waals surface area contributed by atoms with Crippen molar-refractivity contribution in [2.75, 3.05) is 6.61 Å². The van der Waals surface area contributed by atoms with Gasteiger partial charge in [-0.3, -0.25) is 0 Å². The van der Waals surface area contributed by atoms with Gasteiger partial charge in [0.05, 0.1) is 6.61 Å². The molecule has 0 unspecified atom stereocenters. The number of esters is 1. The lowest BCUT2D eigenvalue weighted by Gasteiger charge is -2.21. The first kappa shape index (κ1) is 16.7. The molecule has 4 nitrogen and oxygen atoms in total. The Morgan fingerprint density at radius 3 is 2.72 bits per heavy atom. The van der Waals surface area contributed by atoms with Crippen molar-refractivity contribution in [3.63, 3.8) is 0 Å². The Labute approximate surface area is 108 Å². The van der Waals surface area contributed by atoms with E-state index in [4.69, 9.17) is 5.73 Å². The summed E-state index contributed by atoms with van der Waals surface area (Å²) < 4.78 is 44.3. The summed E-state index contributed by atoms with van der Waals surface area (Å²) >= 11 is 0. The molecule has 0 saturated carbocycles. The molecule has 0 saturated heterocycles. The van der Waals surface area contributed by atoms with E-state index in [0.717, 1.165) is 12.3 Å². The van der Waals surface area contributed by atoms with Gasteiger partial charge < -0.3 is 10.5 Å². The zero-order valence-electron chi connectivity index (χ0n) is 9.40. The number of carbonyl (C=O) groups is 1. The van der Waals surface area contributed by atoms with Crippen molar-refractivity contribution in [1.29, 1.82) is 0 Å². The van der Waals surface area contributed by atoms with Gasteiger partial charge in [-0.25, -0.2) is 9.78 Å². The SMILES string of the molecule is CCOC(=O)C(F)(F)[C@@H](N)c1cccnc1F.Cl. The molecule has 8 heteroatoms. The van der Waals surface area contributed by atoms with Crippen LogP contribution in [-0.4, -0.2) is 23.5 Å². The second kappa shape index (κ2) is 6.55. The highest BCUT2D eigenvalue weighted by molar-refractivity contribution is 5.85. The molecule has 1 heterocycles. The predicted octanol–water partition coefficient (Wildman–Crippen LogP) is 1.84. The van der Waals surface area contributed by atoms with Gasteiger partial charge in [-0.05, 0) is 13.0 Å². The summed E-state index contributed by atoms with van der Waals surface area (Å²) in [6, 6.07) is 0.162. The van der Waals surface area contributed by atoms with E-state index in [-0.39, 0.29) is 19.0 Å². The lowest BCUT2D eigenvalue weighted by Crippen LogP contribution is -2.42. The minimum atomic E-state index is -4.00. The maximum Gasteiger partial charge on any atom is 0.379 e. The van der Waals surface area contributed by atoms with Crippen LogP contribution in [0.15, 0.2) is 18.3 Å². The topological polar surface area (TPSA) is 65.2 Å². The Kier molecular flexibility index (Phi) is 6.07. The van der Waals surface area contributed by atoms with Crippen LogP contribution in [0.3, 0.4) is 0 Å². The Morgan fingerprint density at radius 1 is 1.61 bits per heavy atom. The van der Waals surface area contributed by atoms with Gasteiger partial charge in [0.15, 0.2) is 0 Å². The standard InChI is InChI=1S/C10H11F3N2O2.ClH/c1-2-17-9(16)10(12,13)7(14)6-4-3-5-15-8(6)11;/h3-5,7H,2,14H2,1H3;1H/t7-;/m0./s1. The predicted molar refractivity (Wildman–Crippen MR) is 60.0 cm³/mol. The number of nitrogens with two attached hydrogens (primary N) is 1. The summed E-state index contributed by atoms with van der Waals surface area (Å²) in [6.45, 7) is 1.17. The van der Waals surface area contributed by atoms with Crippen LogP contribution in [0.4, 0.5) is 13.2 Å². The molecule has 1 rings (SSSR count). The largest absolute Gasteiger partial charge is 0.462 e. The highest BCUT2D eigenvalue weighted by Gasteiger charge is 2.48. The van der Waals surface area contributed by atoms with Gasteiger partial charge >= 0.3 is 11.9 Å². The van der Waals surface area contributed by atoms with Crippen LogP contribution >= 0.6 is 12.4 Å². The Morgan fingerprint density at radius 2 is 2.22 bits per heavy atom. The third-order valence-corrected chi connectivity index (χ3v) is 2.06. The van der Waals surface area contributed by atoms with Crippen LogP contribution in [0.2, 0.25) is 0 Å². The van der Waals surface area contributed by atoms with Gasteiger partial charge in [0, 0.05) is 11.8 Å². The monoisotopic (exact) mass is 284 g/mol. The lowest BCUT2D eigenvalue weighted by molar-refractivity contribution is -0.174. The molecule has 1 aromatic rings. The molecule has 1 aromatic heterocycles. The molecule has 102 valence electrons.